The Balaban J connectivity index is 1.39. The summed E-state index contributed by atoms with van der Waals surface area (Å²) in [6.07, 6.45) is 0. The molecule has 0 saturated heterocycles. The van der Waals surface area contributed by atoms with Crippen LogP contribution in [0.3, 0.4) is 0 Å². The van der Waals surface area contributed by atoms with Gasteiger partial charge in [-0.05, 0) is 54.6 Å². The van der Waals surface area contributed by atoms with Crippen molar-refractivity contribution in [3.8, 4) is 17.1 Å². The molecule has 14 nitrogen and oxygen atoms in total. The lowest BCUT2D eigenvalue weighted by Crippen LogP contribution is -2.27. The van der Waals surface area contributed by atoms with E-state index in [0.717, 1.165) is 0 Å². The predicted octanol–water partition coefficient (Wildman–Crippen LogP) is 7.45. The minimum atomic E-state index is -0.472. The van der Waals surface area contributed by atoms with Gasteiger partial charge < -0.3 is 10.4 Å². The van der Waals surface area contributed by atoms with Crippen molar-refractivity contribution in [3.05, 3.63) is 76.0 Å². The molecular formula is C27H22Cl2N6O8S2. The van der Waals surface area contributed by atoms with Crippen LogP contribution in [0.5, 0.6) is 5.75 Å². The highest BCUT2D eigenvalue weighted by Crippen LogP contribution is 2.37. The van der Waals surface area contributed by atoms with Gasteiger partial charge in [-0.15, -0.1) is 18.6 Å². The molecule has 0 bridgehead atoms. The van der Waals surface area contributed by atoms with Crippen LogP contribution in [-0.4, -0.2) is 47.8 Å². The molecule has 3 aromatic carbocycles. The highest BCUT2D eigenvalue weighted by molar-refractivity contribution is 7.95. The summed E-state index contributed by atoms with van der Waals surface area (Å²) in [6, 6.07) is 14.3. The molecular weight excluding hydrogens is 671 g/mol. The van der Waals surface area contributed by atoms with Crippen LogP contribution in [0.2, 0.25) is 10.0 Å². The van der Waals surface area contributed by atoms with Gasteiger partial charge in [-0.3, -0.25) is 4.79 Å². The Morgan fingerprint density at radius 1 is 0.956 bits per heavy atom. The van der Waals surface area contributed by atoms with Crippen molar-refractivity contribution in [2.45, 2.75) is 30.6 Å². The second kappa shape index (κ2) is 13.8. The third kappa shape index (κ3) is 7.64. The summed E-state index contributed by atoms with van der Waals surface area (Å²) < 4.78 is 8.89. The van der Waals surface area contributed by atoms with Gasteiger partial charge in [0, 0.05) is 32.0 Å². The fourth-order valence-corrected chi connectivity index (χ4v) is 5.53. The van der Waals surface area contributed by atoms with Crippen molar-refractivity contribution < 1.29 is 39.2 Å². The first-order valence-electron chi connectivity index (χ1n) is 12.7. The van der Waals surface area contributed by atoms with Gasteiger partial charge in [-0.2, -0.15) is 5.10 Å². The number of phenols is 1. The molecule has 18 heteroatoms. The molecule has 0 saturated carbocycles. The number of aliphatic imine (C=N–C) groups is 1. The van der Waals surface area contributed by atoms with E-state index in [1.165, 1.54) is 35.1 Å². The average molecular weight is 694 g/mol. The van der Waals surface area contributed by atoms with Crippen LogP contribution in [0.25, 0.3) is 11.4 Å². The maximum absolute atomic E-state index is 13.0. The highest BCUT2D eigenvalue weighted by Gasteiger charge is 2.35. The molecule has 0 unspecified atom stereocenters. The Bertz CT molecular complexity index is 1760. The molecule has 5 rings (SSSR count). The largest absolute Gasteiger partial charge is 0.505 e. The van der Waals surface area contributed by atoms with Crippen molar-refractivity contribution in [2.24, 2.45) is 15.5 Å². The van der Waals surface area contributed by atoms with Crippen LogP contribution in [-0.2, 0) is 18.7 Å². The van der Waals surface area contributed by atoms with E-state index in [1.54, 1.807) is 24.3 Å². The maximum atomic E-state index is 13.0. The van der Waals surface area contributed by atoms with Crippen LogP contribution in [0.1, 0.15) is 37.0 Å². The number of aromatic nitrogens is 3. The molecule has 0 atom stereocenters. The minimum absolute atomic E-state index is 0.0602. The number of hydrogen-bond donors (Lipinski definition) is 4. The van der Waals surface area contributed by atoms with Crippen molar-refractivity contribution in [1.29, 1.82) is 0 Å². The van der Waals surface area contributed by atoms with E-state index in [1.807, 2.05) is 20.8 Å². The fraction of sp³-hybridized carbons (Fsp3) is 0.148. The van der Waals surface area contributed by atoms with Crippen molar-refractivity contribution in [1.82, 2.24) is 14.9 Å². The summed E-state index contributed by atoms with van der Waals surface area (Å²) in [5.74, 6) is 0.0773. The normalized spacial score (nSPS) is 13.7. The van der Waals surface area contributed by atoms with Gasteiger partial charge in [0.15, 0.2) is 11.6 Å². The van der Waals surface area contributed by atoms with E-state index < -0.39 is 11.3 Å². The number of benzene rings is 3. The molecule has 1 aromatic heterocycles. The van der Waals surface area contributed by atoms with Gasteiger partial charge in [-0.1, -0.05) is 54.0 Å². The number of carbonyl (C=O) groups excluding carboxylic acids is 1. The minimum Gasteiger partial charge on any atom is -0.505 e. The summed E-state index contributed by atoms with van der Waals surface area (Å²) >= 11 is 13.5. The summed E-state index contributed by atoms with van der Waals surface area (Å²) in [5.41, 5.74) is 2.47. The third-order valence-corrected chi connectivity index (χ3v) is 7.73. The maximum Gasteiger partial charge on any atom is 0.255 e. The molecule has 4 N–H and O–H groups in total. The molecule has 0 aliphatic carbocycles. The Hall–Kier alpha value is -3.55. The van der Waals surface area contributed by atoms with Crippen LogP contribution >= 0.6 is 47.3 Å². The number of halogens is 2. The van der Waals surface area contributed by atoms with Gasteiger partial charge in [0.1, 0.15) is 5.71 Å². The number of aromatic hydroxyl groups is 1. The van der Waals surface area contributed by atoms with Crippen LogP contribution in [0.4, 0.5) is 11.4 Å². The van der Waals surface area contributed by atoms with E-state index in [2.05, 4.69) is 34.3 Å². The first-order chi connectivity index (χ1) is 21.5. The first-order valence-corrected chi connectivity index (χ1v) is 14.9. The lowest BCUT2D eigenvalue weighted by atomic mass is 9.87. The number of anilines is 1. The number of nitrogens with zero attached hydrogens (tertiary/aromatic N) is 5. The molecule has 234 valence electrons. The zero-order valence-corrected chi connectivity index (χ0v) is 26.5. The van der Waals surface area contributed by atoms with E-state index in [-0.39, 0.29) is 21.4 Å². The van der Waals surface area contributed by atoms with Gasteiger partial charge in [0.25, 0.3) is 5.91 Å². The van der Waals surface area contributed by atoms with E-state index in [9.17, 15) is 9.90 Å². The monoisotopic (exact) mass is 692 g/mol. The van der Waals surface area contributed by atoms with Gasteiger partial charge >= 0.3 is 0 Å². The Labute approximate surface area is 273 Å². The van der Waals surface area contributed by atoms with Crippen molar-refractivity contribution >= 4 is 76.0 Å². The first kappa shape index (κ1) is 32.8. The quantitative estimate of drug-likeness (QED) is 0.0732. The zero-order chi connectivity index (χ0) is 32.3. The molecule has 4 aromatic rings. The number of amides is 1. The molecule has 2 heterocycles. The number of hydrogen-bond acceptors (Lipinski definition) is 14. The fourth-order valence-electron chi connectivity index (χ4n) is 4.06. The second-order valence-corrected chi connectivity index (χ2v) is 12.6. The predicted molar refractivity (Wildman–Crippen MR) is 168 cm³/mol. The Morgan fingerprint density at radius 3 is 2.11 bits per heavy atom. The van der Waals surface area contributed by atoms with Crippen molar-refractivity contribution in [2.75, 3.05) is 5.32 Å². The molecule has 0 radical (unpaired) electrons. The summed E-state index contributed by atoms with van der Waals surface area (Å²) in [4.78, 5) is 24.6. The number of carbonyl (C=O) groups is 1. The molecule has 0 fully saturated rings. The Morgan fingerprint density at radius 2 is 1.56 bits per heavy atom. The topological polar surface area (TPSA) is 182 Å². The van der Waals surface area contributed by atoms with Gasteiger partial charge in [0.05, 0.1) is 45.5 Å². The SMILES string of the molecule is CC(C)(C)C1=Nn2nc(-c3ccc(NC(=O)c4cc(SOOO)cc(SOOO)c4)cc3)nc2C1=Nc1cc(Cl)c(O)c(Cl)c1. The molecule has 1 amide bonds. The van der Waals surface area contributed by atoms with Crippen LogP contribution in [0, 0.1) is 5.41 Å². The number of rotatable bonds is 10. The number of phenolic OH excluding ortho intramolecular Hbond substituents is 1. The van der Waals surface area contributed by atoms with Gasteiger partial charge in [0.2, 0.25) is 5.82 Å². The lowest BCUT2D eigenvalue weighted by molar-refractivity contribution is -0.432. The molecule has 45 heavy (non-hydrogen) atoms. The number of nitrogens with one attached hydrogen (secondary N) is 1. The van der Waals surface area contributed by atoms with Gasteiger partial charge in [-0.25, -0.2) is 20.5 Å². The van der Waals surface area contributed by atoms with Crippen LogP contribution in [0.15, 0.2) is 74.5 Å². The zero-order valence-electron chi connectivity index (χ0n) is 23.4. The Kier molecular flexibility index (Phi) is 10.1. The molecule has 0 spiro atoms. The lowest BCUT2D eigenvalue weighted by Gasteiger charge is -2.18. The summed E-state index contributed by atoms with van der Waals surface area (Å²) in [6.45, 7) is 5.96. The van der Waals surface area contributed by atoms with E-state index in [4.69, 9.17) is 43.7 Å². The molecule has 1 aliphatic heterocycles. The summed E-state index contributed by atoms with van der Waals surface area (Å²) in [5, 5.41) is 46.2. The van der Waals surface area contributed by atoms with Crippen molar-refractivity contribution in [3.63, 3.8) is 0 Å². The standard InChI is InChI=1S/C27H22Cl2N6O8S2/c1-27(2,3)23-21(30-16-10-19(28)22(36)20(29)11-16)25-32-24(34-35(25)33-23)13-4-6-15(7-5-13)31-26(37)14-8-17(44-42-40-38)12-18(9-14)45-43-41-39/h4-12,36,38-39H,1-3H3,(H,31,37). The summed E-state index contributed by atoms with van der Waals surface area (Å²) in [7, 11) is 0. The smallest absolute Gasteiger partial charge is 0.255 e. The average Bonchev–Trinajstić information content (AvgIpc) is 3.57. The number of fused-ring (bicyclic) bond motifs is 1. The third-order valence-electron chi connectivity index (χ3n) is 6.04. The van der Waals surface area contributed by atoms with Crippen LogP contribution < -0.4 is 5.32 Å². The second-order valence-electron chi connectivity index (χ2n) is 10.2. The highest BCUT2D eigenvalue weighted by atomic mass is 35.5. The van der Waals surface area contributed by atoms with E-state index in [0.29, 0.717) is 73.9 Å². The van der Waals surface area contributed by atoms with E-state index >= 15 is 0 Å². The molecule has 1 aliphatic rings.